The molecule has 1 aliphatic heterocycles. The number of nitrogens with zero attached hydrogens (tertiary/aromatic N) is 3. The van der Waals surface area contributed by atoms with Gasteiger partial charge in [-0.2, -0.15) is 5.10 Å². The van der Waals surface area contributed by atoms with E-state index >= 15 is 0 Å². The van der Waals surface area contributed by atoms with Gasteiger partial charge in [-0.15, -0.1) is 0 Å². The smallest absolute Gasteiger partial charge is 0.240 e. The Balaban J connectivity index is 1.78. The molecule has 2 heterocycles. The predicted molar refractivity (Wildman–Crippen MR) is 99.9 cm³/mol. The molecule has 1 aromatic heterocycles. The maximum atomic E-state index is 12.1. The second kappa shape index (κ2) is 6.43. The molecule has 1 amide bonds. The number of amides is 1. The number of benzene rings is 1. The third-order valence-corrected chi connectivity index (χ3v) is 5.27. The Labute approximate surface area is 156 Å². The van der Waals surface area contributed by atoms with Crippen LogP contribution in [0, 0.1) is 5.92 Å². The van der Waals surface area contributed by atoms with Crippen molar-refractivity contribution in [3.63, 3.8) is 0 Å². The molecule has 2 aromatic rings. The summed E-state index contributed by atoms with van der Waals surface area (Å²) in [5, 5.41) is 7.37. The Bertz CT molecular complexity index is 924. The van der Waals surface area contributed by atoms with E-state index in [1.54, 1.807) is 25.3 Å². The molecule has 4 rings (SSSR count). The highest BCUT2D eigenvalue weighted by atomic mass is 35.5. The highest BCUT2D eigenvalue weighted by molar-refractivity contribution is 6.30. The molecule has 1 aromatic carbocycles. The van der Waals surface area contributed by atoms with Gasteiger partial charge in [0.1, 0.15) is 5.15 Å². The Morgan fingerprint density at radius 1 is 1.19 bits per heavy atom. The molecule has 136 valence electrons. The van der Waals surface area contributed by atoms with Crippen molar-refractivity contribution in [1.82, 2.24) is 9.99 Å². The number of ether oxygens (including phenoxy) is 2. The first-order valence-corrected chi connectivity index (χ1v) is 8.99. The molecule has 0 bridgehead atoms. The molecule has 7 heteroatoms. The topological polar surface area (TPSA) is 64.0 Å². The van der Waals surface area contributed by atoms with Crippen LogP contribution in [0.2, 0.25) is 5.15 Å². The van der Waals surface area contributed by atoms with E-state index < -0.39 is 0 Å². The third-order valence-electron chi connectivity index (χ3n) is 4.96. The molecule has 2 aliphatic rings. The summed E-state index contributed by atoms with van der Waals surface area (Å²) in [6.45, 7) is 1.53. The molecule has 6 nitrogen and oxygen atoms in total. The summed E-state index contributed by atoms with van der Waals surface area (Å²) >= 11 is 6.49. The summed E-state index contributed by atoms with van der Waals surface area (Å²) in [4.78, 5) is 16.6. The van der Waals surface area contributed by atoms with Crippen LogP contribution in [0.3, 0.4) is 0 Å². The number of rotatable bonds is 4. The average molecular weight is 374 g/mol. The highest BCUT2D eigenvalue weighted by Gasteiger charge is 2.39. The summed E-state index contributed by atoms with van der Waals surface area (Å²) in [5.74, 6) is 1.65. The van der Waals surface area contributed by atoms with Crippen molar-refractivity contribution in [2.24, 2.45) is 11.0 Å². The zero-order valence-corrected chi connectivity index (χ0v) is 15.7. The number of aromatic nitrogens is 1. The first-order valence-electron chi connectivity index (χ1n) is 8.61. The van der Waals surface area contributed by atoms with E-state index in [-0.39, 0.29) is 11.9 Å². The van der Waals surface area contributed by atoms with Crippen molar-refractivity contribution in [1.29, 1.82) is 0 Å². The first kappa shape index (κ1) is 17.1. The maximum absolute atomic E-state index is 12.1. The van der Waals surface area contributed by atoms with E-state index in [0.29, 0.717) is 34.5 Å². The number of hydrazone groups is 1. The molecule has 1 aliphatic carbocycles. The van der Waals surface area contributed by atoms with Gasteiger partial charge >= 0.3 is 0 Å². The van der Waals surface area contributed by atoms with Gasteiger partial charge in [-0.25, -0.2) is 9.99 Å². The van der Waals surface area contributed by atoms with Crippen LogP contribution in [-0.4, -0.2) is 35.8 Å². The van der Waals surface area contributed by atoms with E-state index in [1.165, 1.54) is 6.92 Å². The monoisotopic (exact) mass is 373 g/mol. The number of fused-ring (bicyclic) bond motifs is 1. The van der Waals surface area contributed by atoms with Gasteiger partial charge in [0.15, 0.2) is 11.5 Å². The minimum Gasteiger partial charge on any atom is -0.493 e. The third kappa shape index (κ3) is 2.88. The van der Waals surface area contributed by atoms with Crippen LogP contribution in [0.4, 0.5) is 0 Å². The lowest BCUT2D eigenvalue weighted by atomic mass is 10.00. The second-order valence-electron chi connectivity index (χ2n) is 6.72. The molecule has 1 fully saturated rings. The fraction of sp³-hybridized carbons (Fsp3) is 0.421. The molecule has 1 unspecified atom stereocenters. The molecular weight excluding hydrogens is 354 g/mol. The van der Waals surface area contributed by atoms with Crippen LogP contribution in [-0.2, 0) is 4.79 Å². The van der Waals surface area contributed by atoms with Crippen LogP contribution in [0.1, 0.15) is 37.8 Å². The van der Waals surface area contributed by atoms with Gasteiger partial charge in [0.05, 0.1) is 25.8 Å². The summed E-state index contributed by atoms with van der Waals surface area (Å²) in [7, 11) is 3.18. The second-order valence-corrected chi connectivity index (χ2v) is 7.08. The quantitative estimate of drug-likeness (QED) is 0.761. The average Bonchev–Trinajstić information content (AvgIpc) is 3.38. The SMILES string of the molecule is COc1cc2cc(C3CC(C4CC4)=NN3C(C)=O)c(Cl)nc2cc1OC. The van der Waals surface area contributed by atoms with Crippen molar-refractivity contribution >= 4 is 34.1 Å². The lowest BCUT2D eigenvalue weighted by Gasteiger charge is -2.21. The standard InChI is InChI=1S/C19H20ClN3O3/c1-10(24)23-16(8-15(22-23)11-4-5-11)13-6-12-7-17(25-2)18(26-3)9-14(12)21-19(13)20/h6-7,9,11,16H,4-5,8H2,1-3H3. The fourth-order valence-electron chi connectivity index (χ4n) is 3.46. The highest BCUT2D eigenvalue weighted by Crippen LogP contribution is 2.43. The largest absolute Gasteiger partial charge is 0.493 e. The molecule has 0 spiro atoms. The van der Waals surface area contributed by atoms with Crippen LogP contribution in [0.25, 0.3) is 10.9 Å². The minimum atomic E-state index is -0.208. The van der Waals surface area contributed by atoms with Gasteiger partial charge < -0.3 is 9.47 Å². The molecule has 1 atom stereocenters. The lowest BCUT2D eigenvalue weighted by molar-refractivity contribution is -0.130. The van der Waals surface area contributed by atoms with Gasteiger partial charge in [-0.05, 0) is 30.9 Å². The summed E-state index contributed by atoms with van der Waals surface area (Å²) in [6.07, 6.45) is 3.01. The molecule has 0 radical (unpaired) electrons. The van der Waals surface area contributed by atoms with Crippen LogP contribution < -0.4 is 9.47 Å². The van der Waals surface area contributed by atoms with Gasteiger partial charge in [-0.1, -0.05) is 11.6 Å². The van der Waals surface area contributed by atoms with E-state index in [9.17, 15) is 4.79 Å². The first-order chi connectivity index (χ1) is 12.5. The number of carbonyl (C=O) groups excluding carboxylic acids is 1. The number of hydrogen-bond acceptors (Lipinski definition) is 5. The van der Waals surface area contributed by atoms with E-state index in [0.717, 1.165) is 29.5 Å². The minimum absolute atomic E-state index is 0.0888. The van der Waals surface area contributed by atoms with Crippen LogP contribution in [0.15, 0.2) is 23.3 Å². The number of pyridine rings is 1. The number of hydrogen-bond donors (Lipinski definition) is 0. The predicted octanol–water partition coefficient (Wildman–Crippen LogP) is 3.96. The van der Waals surface area contributed by atoms with E-state index in [2.05, 4.69) is 10.1 Å². The molecule has 1 saturated carbocycles. The van der Waals surface area contributed by atoms with Crippen molar-refractivity contribution in [2.45, 2.75) is 32.2 Å². The lowest BCUT2D eigenvalue weighted by Crippen LogP contribution is -2.24. The zero-order valence-electron chi connectivity index (χ0n) is 15.0. The number of methoxy groups -OCH3 is 2. The normalized spacial score (nSPS) is 19.6. The van der Waals surface area contributed by atoms with Crippen molar-refractivity contribution in [3.8, 4) is 11.5 Å². The summed E-state index contributed by atoms with van der Waals surface area (Å²) in [6, 6.07) is 5.43. The Kier molecular flexibility index (Phi) is 4.23. The fourth-order valence-corrected chi connectivity index (χ4v) is 3.73. The summed E-state index contributed by atoms with van der Waals surface area (Å²) in [5.41, 5.74) is 2.61. The van der Waals surface area contributed by atoms with Gasteiger partial charge in [-0.3, -0.25) is 4.79 Å². The zero-order chi connectivity index (χ0) is 18.4. The molecule has 0 N–H and O–H groups in total. The van der Waals surface area contributed by atoms with Gasteiger partial charge in [0.2, 0.25) is 5.91 Å². The van der Waals surface area contributed by atoms with Crippen molar-refractivity contribution < 1.29 is 14.3 Å². The van der Waals surface area contributed by atoms with Gasteiger partial charge in [0, 0.05) is 36.1 Å². The van der Waals surface area contributed by atoms with Crippen molar-refractivity contribution in [3.05, 3.63) is 28.9 Å². The Hall–Kier alpha value is -2.34. The van der Waals surface area contributed by atoms with E-state index in [4.69, 9.17) is 21.1 Å². The maximum Gasteiger partial charge on any atom is 0.240 e. The summed E-state index contributed by atoms with van der Waals surface area (Å²) < 4.78 is 10.7. The molecule has 0 saturated heterocycles. The van der Waals surface area contributed by atoms with Gasteiger partial charge in [0.25, 0.3) is 0 Å². The van der Waals surface area contributed by atoms with E-state index in [1.807, 2.05) is 12.1 Å². The number of halogens is 1. The Morgan fingerprint density at radius 2 is 1.88 bits per heavy atom. The van der Waals surface area contributed by atoms with Crippen LogP contribution in [0.5, 0.6) is 11.5 Å². The Morgan fingerprint density at radius 3 is 2.50 bits per heavy atom. The molecule has 26 heavy (non-hydrogen) atoms. The number of carbonyl (C=O) groups is 1. The van der Waals surface area contributed by atoms with Crippen LogP contribution >= 0.6 is 11.6 Å². The van der Waals surface area contributed by atoms with Crippen molar-refractivity contribution in [2.75, 3.05) is 14.2 Å². The molecular formula is C19H20ClN3O3.